The van der Waals surface area contributed by atoms with Crippen molar-refractivity contribution < 1.29 is 23.9 Å². The van der Waals surface area contributed by atoms with E-state index in [4.69, 9.17) is 4.74 Å². The van der Waals surface area contributed by atoms with E-state index >= 15 is 0 Å². The third-order valence-corrected chi connectivity index (χ3v) is 6.84. The first kappa shape index (κ1) is 24.3. The predicted octanol–water partition coefficient (Wildman–Crippen LogP) is 1.38. The van der Waals surface area contributed by atoms with E-state index in [9.17, 15) is 19.2 Å². The van der Waals surface area contributed by atoms with Crippen molar-refractivity contribution in [3.05, 3.63) is 30.1 Å². The van der Waals surface area contributed by atoms with Crippen molar-refractivity contribution >= 4 is 23.5 Å². The minimum Gasteiger partial charge on any atom is -0.378 e. The number of likely N-dealkylation sites (tertiary alicyclic amines) is 2. The van der Waals surface area contributed by atoms with E-state index in [1.165, 1.54) is 0 Å². The second-order valence-corrected chi connectivity index (χ2v) is 10.6. The molecular weight excluding hydrogens is 436 g/mol. The van der Waals surface area contributed by atoms with Crippen molar-refractivity contribution in [1.82, 2.24) is 19.7 Å². The van der Waals surface area contributed by atoms with Gasteiger partial charge in [0.2, 0.25) is 11.8 Å². The fourth-order valence-corrected chi connectivity index (χ4v) is 5.35. The Labute approximate surface area is 200 Å². The molecule has 3 aliphatic heterocycles. The normalized spacial score (nSPS) is 23.7. The highest BCUT2D eigenvalue weighted by Gasteiger charge is 2.52. The molecule has 0 radical (unpaired) electrons. The molecule has 3 saturated heterocycles. The highest BCUT2D eigenvalue weighted by molar-refractivity contribution is 6.02. The summed E-state index contributed by atoms with van der Waals surface area (Å²) in [6, 6.07) is 4.10. The second-order valence-electron chi connectivity index (χ2n) is 10.6. The van der Waals surface area contributed by atoms with Crippen molar-refractivity contribution in [2.75, 3.05) is 39.4 Å². The van der Waals surface area contributed by atoms with Gasteiger partial charge < -0.3 is 19.4 Å². The number of aromatic nitrogens is 1. The van der Waals surface area contributed by atoms with Crippen molar-refractivity contribution in [3.8, 4) is 0 Å². The molecule has 3 atom stereocenters. The molecule has 1 aromatic rings. The van der Waals surface area contributed by atoms with Gasteiger partial charge in [-0.2, -0.15) is 0 Å². The van der Waals surface area contributed by atoms with Gasteiger partial charge >= 0.3 is 0 Å². The van der Waals surface area contributed by atoms with Gasteiger partial charge in [0.1, 0.15) is 11.7 Å². The fraction of sp³-hybridized carbons (Fsp3) is 0.640. The van der Waals surface area contributed by atoms with E-state index in [-0.39, 0.29) is 47.9 Å². The molecule has 9 heteroatoms. The lowest BCUT2D eigenvalue weighted by Gasteiger charge is -2.33. The molecule has 4 heterocycles. The Morgan fingerprint density at radius 2 is 1.85 bits per heavy atom. The van der Waals surface area contributed by atoms with Crippen LogP contribution in [0.5, 0.6) is 0 Å². The van der Waals surface area contributed by atoms with Crippen LogP contribution >= 0.6 is 0 Å². The number of rotatable bonds is 5. The second kappa shape index (κ2) is 9.82. The number of fused-ring (bicyclic) bond motifs is 1. The summed E-state index contributed by atoms with van der Waals surface area (Å²) in [5.41, 5.74) is 0.133. The zero-order chi connectivity index (χ0) is 24.5. The highest BCUT2D eigenvalue weighted by atomic mass is 16.5. The Balaban J connectivity index is 1.50. The monoisotopic (exact) mass is 470 g/mol. The minimum atomic E-state index is -0.652. The van der Waals surface area contributed by atoms with Crippen LogP contribution in [0.3, 0.4) is 0 Å². The maximum atomic E-state index is 13.7. The molecule has 1 aromatic heterocycles. The molecule has 34 heavy (non-hydrogen) atoms. The summed E-state index contributed by atoms with van der Waals surface area (Å²) in [5.74, 6) is -1.14. The Bertz CT molecular complexity index is 938. The first-order chi connectivity index (χ1) is 16.2. The van der Waals surface area contributed by atoms with Crippen LogP contribution in [0.15, 0.2) is 24.4 Å². The lowest BCUT2D eigenvalue weighted by atomic mass is 9.82. The summed E-state index contributed by atoms with van der Waals surface area (Å²) in [6.07, 6.45) is 2.76. The molecule has 0 aromatic carbocycles. The van der Waals surface area contributed by atoms with Crippen LogP contribution in [0.2, 0.25) is 0 Å². The third-order valence-electron chi connectivity index (χ3n) is 6.84. The SMILES string of the molecule is CC(C)(C)CC(CC(=O)N1CCOCC1)C(=O)N1CCC2C1C(=O)CN2C(=O)c1ccccn1. The smallest absolute Gasteiger partial charge is 0.273 e. The van der Waals surface area contributed by atoms with Crippen LogP contribution in [0.25, 0.3) is 0 Å². The van der Waals surface area contributed by atoms with Crippen LogP contribution < -0.4 is 0 Å². The number of Topliss-reactive ketones (excluding diaryl/α,β-unsaturated/α-hetero) is 1. The van der Waals surface area contributed by atoms with Crippen molar-refractivity contribution in [2.45, 2.75) is 52.1 Å². The summed E-state index contributed by atoms with van der Waals surface area (Å²) < 4.78 is 5.34. The van der Waals surface area contributed by atoms with Crippen LogP contribution in [0.1, 0.15) is 50.5 Å². The van der Waals surface area contributed by atoms with E-state index in [1.54, 1.807) is 39.1 Å². The molecule has 4 rings (SSSR count). The molecule has 0 aliphatic carbocycles. The Hall–Kier alpha value is -2.81. The van der Waals surface area contributed by atoms with Gasteiger partial charge in [-0.1, -0.05) is 26.8 Å². The van der Waals surface area contributed by atoms with Gasteiger partial charge in [-0.25, -0.2) is 0 Å². The number of ether oxygens (including phenoxy) is 1. The molecule has 0 N–H and O–H groups in total. The number of amides is 3. The maximum Gasteiger partial charge on any atom is 0.273 e. The van der Waals surface area contributed by atoms with Gasteiger partial charge in [0, 0.05) is 38.2 Å². The molecule has 3 amide bonds. The van der Waals surface area contributed by atoms with E-state index in [1.807, 2.05) is 20.8 Å². The number of ketones is 1. The fourth-order valence-electron chi connectivity index (χ4n) is 5.35. The summed E-state index contributed by atoms with van der Waals surface area (Å²) in [7, 11) is 0. The number of carbonyl (C=O) groups excluding carboxylic acids is 4. The zero-order valence-corrected chi connectivity index (χ0v) is 20.2. The summed E-state index contributed by atoms with van der Waals surface area (Å²) in [6.45, 7) is 8.61. The maximum absolute atomic E-state index is 13.7. The molecule has 0 saturated carbocycles. The standard InChI is InChI=1S/C25H34N4O5/c1-25(2,3)15-17(14-21(31)27-10-12-34-13-11-27)23(32)28-9-7-19-22(28)20(30)16-29(19)24(33)18-6-4-5-8-26-18/h4-6,8,17,19,22H,7,9-16H2,1-3H3. The van der Waals surface area contributed by atoms with E-state index in [0.717, 1.165) is 0 Å². The quantitative estimate of drug-likeness (QED) is 0.645. The van der Waals surface area contributed by atoms with Crippen LogP contribution in [-0.2, 0) is 19.1 Å². The van der Waals surface area contributed by atoms with Gasteiger partial charge in [-0.3, -0.25) is 24.2 Å². The molecule has 3 aliphatic rings. The Kier molecular flexibility index (Phi) is 7.02. The molecule has 3 fully saturated rings. The van der Waals surface area contributed by atoms with E-state index in [2.05, 4.69) is 4.98 Å². The van der Waals surface area contributed by atoms with Gasteiger partial charge in [0.25, 0.3) is 5.91 Å². The zero-order valence-electron chi connectivity index (χ0n) is 20.2. The summed E-state index contributed by atoms with van der Waals surface area (Å²) in [5, 5.41) is 0. The first-order valence-corrected chi connectivity index (χ1v) is 12.1. The minimum absolute atomic E-state index is 0.0227. The van der Waals surface area contributed by atoms with E-state index in [0.29, 0.717) is 51.4 Å². The lowest BCUT2D eigenvalue weighted by molar-refractivity contribution is -0.145. The van der Waals surface area contributed by atoms with Crippen molar-refractivity contribution in [3.63, 3.8) is 0 Å². The molecule has 184 valence electrons. The number of morpholine rings is 1. The van der Waals surface area contributed by atoms with Gasteiger partial charge in [-0.05, 0) is 30.4 Å². The van der Waals surface area contributed by atoms with Gasteiger partial charge in [0.05, 0.1) is 25.8 Å². The summed E-state index contributed by atoms with van der Waals surface area (Å²) >= 11 is 0. The predicted molar refractivity (Wildman–Crippen MR) is 124 cm³/mol. The lowest BCUT2D eigenvalue weighted by Crippen LogP contribution is -2.48. The molecule has 0 spiro atoms. The van der Waals surface area contributed by atoms with Crippen LogP contribution in [-0.4, -0.2) is 94.7 Å². The topological polar surface area (TPSA) is 100 Å². The number of pyridine rings is 1. The number of carbonyl (C=O) groups is 4. The Morgan fingerprint density at radius 3 is 2.50 bits per heavy atom. The van der Waals surface area contributed by atoms with Gasteiger partial charge in [-0.15, -0.1) is 0 Å². The molecule has 9 nitrogen and oxygen atoms in total. The first-order valence-electron chi connectivity index (χ1n) is 12.1. The van der Waals surface area contributed by atoms with Crippen molar-refractivity contribution in [2.24, 2.45) is 11.3 Å². The van der Waals surface area contributed by atoms with Crippen LogP contribution in [0.4, 0.5) is 0 Å². The molecule has 0 bridgehead atoms. The van der Waals surface area contributed by atoms with Gasteiger partial charge in [0.15, 0.2) is 5.78 Å². The summed E-state index contributed by atoms with van der Waals surface area (Å²) in [4.78, 5) is 61.8. The van der Waals surface area contributed by atoms with Crippen LogP contribution in [0, 0.1) is 11.3 Å². The highest BCUT2D eigenvalue weighted by Crippen LogP contribution is 2.35. The molecule has 3 unspecified atom stereocenters. The third kappa shape index (κ3) is 5.14. The number of nitrogens with zero attached hydrogens (tertiary/aromatic N) is 4. The van der Waals surface area contributed by atoms with Crippen molar-refractivity contribution in [1.29, 1.82) is 0 Å². The average molecular weight is 471 g/mol. The van der Waals surface area contributed by atoms with E-state index < -0.39 is 12.0 Å². The largest absolute Gasteiger partial charge is 0.378 e. The molecular formula is C25H34N4O5. The number of hydrogen-bond acceptors (Lipinski definition) is 6. The number of hydrogen-bond donors (Lipinski definition) is 0. The Morgan fingerprint density at radius 1 is 1.12 bits per heavy atom. The average Bonchev–Trinajstić information content (AvgIpc) is 3.39.